The second-order valence-electron chi connectivity index (χ2n) is 1.92. The number of nitrogens with zero attached hydrogens (tertiary/aromatic N) is 2. The van der Waals surface area contributed by atoms with Crippen LogP contribution in [0.1, 0.15) is 5.69 Å². The van der Waals surface area contributed by atoms with E-state index >= 15 is 0 Å². The molecule has 2 nitrogen and oxygen atoms in total. The van der Waals surface area contributed by atoms with E-state index in [0.717, 1.165) is 6.20 Å². The van der Waals surface area contributed by atoms with E-state index in [1.165, 1.54) is 6.07 Å². The standard InChI is InChI=1S/C7H4FIN2/c8-5-3-6(9)7(1-2-10)11-4-5/h3-4H,1H2. The van der Waals surface area contributed by atoms with Gasteiger partial charge in [-0.3, -0.25) is 4.98 Å². The zero-order valence-electron chi connectivity index (χ0n) is 5.51. The van der Waals surface area contributed by atoms with Crippen LogP contribution in [0.2, 0.25) is 0 Å². The van der Waals surface area contributed by atoms with Gasteiger partial charge >= 0.3 is 0 Å². The molecule has 4 heteroatoms. The zero-order valence-corrected chi connectivity index (χ0v) is 7.67. The van der Waals surface area contributed by atoms with Crippen LogP contribution in [0.25, 0.3) is 0 Å². The highest BCUT2D eigenvalue weighted by molar-refractivity contribution is 14.1. The average Bonchev–Trinajstić information content (AvgIpc) is 1.95. The van der Waals surface area contributed by atoms with Gasteiger partial charge in [-0.15, -0.1) is 0 Å². The molecule has 0 spiro atoms. The van der Waals surface area contributed by atoms with Crippen LogP contribution in [0, 0.1) is 20.7 Å². The van der Waals surface area contributed by atoms with E-state index in [1.54, 1.807) is 0 Å². The largest absolute Gasteiger partial charge is 0.256 e. The molecule has 0 aliphatic heterocycles. The Morgan fingerprint density at radius 3 is 3.00 bits per heavy atom. The average molecular weight is 262 g/mol. The molecule has 0 fully saturated rings. The molecule has 0 aliphatic carbocycles. The van der Waals surface area contributed by atoms with Gasteiger partial charge in [-0.25, -0.2) is 4.39 Å². The third-order valence-electron chi connectivity index (χ3n) is 1.13. The zero-order chi connectivity index (χ0) is 8.27. The van der Waals surface area contributed by atoms with Crippen molar-refractivity contribution in [3.8, 4) is 6.07 Å². The summed E-state index contributed by atoms with van der Waals surface area (Å²) in [6, 6.07) is 3.32. The lowest BCUT2D eigenvalue weighted by molar-refractivity contribution is 0.618. The lowest BCUT2D eigenvalue weighted by atomic mass is 10.3. The van der Waals surface area contributed by atoms with Crippen molar-refractivity contribution < 1.29 is 4.39 Å². The first-order valence-electron chi connectivity index (χ1n) is 2.91. The monoisotopic (exact) mass is 262 g/mol. The molecule has 0 bridgehead atoms. The highest BCUT2D eigenvalue weighted by Gasteiger charge is 2.01. The maximum absolute atomic E-state index is 12.4. The Morgan fingerprint density at radius 2 is 2.45 bits per heavy atom. The summed E-state index contributed by atoms with van der Waals surface area (Å²) >= 11 is 1.96. The van der Waals surface area contributed by atoms with Gasteiger partial charge in [-0.05, 0) is 28.7 Å². The Hall–Kier alpha value is -0.700. The van der Waals surface area contributed by atoms with Crippen LogP contribution in [0.3, 0.4) is 0 Å². The minimum Gasteiger partial charge on any atom is -0.256 e. The minimum atomic E-state index is -0.365. The number of aromatic nitrogens is 1. The van der Waals surface area contributed by atoms with Gasteiger partial charge in [0.1, 0.15) is 5.82 Å². The van der Waals surface area contributed by atoms with Crippen LogP contribution in [-0.4, -0.2) is 4.98 Å². The summed E-state index contributed by atoms with van der Waals surface area (Å²) < 4.78 is 13.1. The Morgan fingerprint density at radius 1 is 1.73 bits per heavy atom. The van der Waals surface area contributed by atoms with Crippen LogP contribution in [0.15, 0.2) is 12.3 Å². The fraction of sp³-hybridized carbons (Fsp3) is 0.143. The van der Waals surface area contributed by atoms with Crippen LogP contribution in [0.5, 0.6) is 0 Å². The van der Waals surface area contributed by atoms with Gasteiger partial charge in [0.25, 0.3) is 0 Å². The van der Waals surface area contributed by atoms with Gasteiger partial charge in [0.2, 0.25) is 0 Å². The molecule has 0 atom stereocenters. The molecule has 0 aliphatic rings. The summed E-state index contributed by atoms with van der Waals surface area (Å²) in [6.45, 7) is 0. The van der Waals surface area contributed by atoms with E-state index < -0.39 is 0 Å². The molecule has 11 heavy (non-hydrogen) atoms. The predicted octanol–water partition coefficient (Wildman–Crippen LogP) is 1.89. The third-order valence-corrected chi connectivity index (χ3v) is 2.06. The van der Waals surface area contributed by atoms with Crippen LogP contribution < -0.4 is 0 Å². The SMILES string of the molecule is N#CCc1ncc(F)cc1I. The van der Waals surface area contributed by atoms with Gasteiger partial charge in [-0.2, -0.15) is 5.26 Å². The lowest BCUT2D eigenvalue weighted by Crippen LogP contribution is -1.93. The number of hydrogen-bond acceptors (Lipinski definition) is 2. The van der Waals surface area contributed by atoms with Crippen molar-refractivity contribution in [3.05, 3.63) is 27.3 Å². The topological polar surface area (TPSA) is 36.7 Å². The first-order valence-corrected chi connectivity index (χ1v) is 3.99. The third kappa shape index (κ3) is 2.12. The maximum Gasteiger partial charge on any atom is 0.142 e. The van der Waals surface area contributed by atoms with Gasteiger partial charge in [0.15, 0.2) is 0 Å². The molecule has 1 aromatic rings. The fourth-order valence-corrected chi connectivity index (χ4v) is 1.28. The summed E-state index contributed by atoms with van der Waals surface area (Å²) in [7, 11) is 0. The van der Waals surface area contributed by atoms with Crippen molar-refractivity contribution >= 4 is 22.6 Å². The van der Waals surface area contributed by atoms with Gasteiger partial charge in [0, 0.05) is 3.57 Å². The molecular formula is C7H4FIN2. The number of halogens is 2. The minimum absolute atomic E-state index is 0.235. The van der Waals surface area contributed by atoms with Gasteiger partial charge < -0.3 is 0 Å². The number of nitriles is 1. The van der Waals surface area contributed by atoms with E-state index in [2.05, 4.69) is 4.98 Å². The highest BCUT2D eigenvalue weighted by Crippen LogP contribution is 2.10. The van der Waals surface area contributed by atoms with Crippen molar-refractivity contribution in [3.63, 3.8) is 0 Å². The van der Waals surface area contributed by atoms with Crippen molar-refractivity contribution in [1.29, 1.82) is 5.26 Å². The Labute approximate surface area is 77.2 Å². The summed E-state index contributed by atoms with van der Waals surface area (Å²) in [5, 5.41) is 8.33. The molecule has 1 aromatic heterocycles. The molecule has 56 valence electrons. The van der Waals surface area contributed by atoms with Crippen molar-refractivity contribution in [2.75, 3.05) is 0 Å². The van der Waals surface area contributed by atoms with Crippen molar-refractivity contribution in [2.45, 2.75) is 6.42 Å². The number of hydrogen-bond donors (Lipinski definition) is 0. The first-order chi connectivity index (χ1) is 5.24. The van der Waals surface area contributed by atoms with E-state index in [-0.39, 0.29) is 12.2 Å². The van der Waals surface area contributed by atoms with Crippen LogP contribution in [0.4, 0.5) is 4.39 Å². The smallest absolute Gasteiger partial charge is 0.142 e. The van der Waals surface area contributed by atoms with Gasteiger partial charge in [0.05, 0.1) is 24.4 Å². The van der Waals surface area contributed by atoms with Gasteiger partial charge in [-0.1, -0.05) is 0 Å². The first kappa shape index (κ1) is 8.40. The number of rotatable bonds is 1. The molecule has 0 saturated heterocycles. The molecule has 0 radical (unpaired) electrons. The van der Waals surface area contributed by atoms with E-state index in [9.17, 15) is 4.39 Å². The Bertz CT molecular complexity index is 306. The van der Waals surface area contributed by atoms with E-state index in [0.29, 0.717) is 9.26 Å². The second kappa shape index (κ2) is 3.62. The second-order valence-corrected chi connectivity index (χ2v) is 3.08. The van der Waals surface area contributed by atoms with E-state index in [4.69, 9.17) is 5.26 Å². The molecule has 0 unspecified atom stereocenters. The van der Waals surface area contributed by atoms with Crippen LogP contribution >= 0.6 is 22.6 Å². The molecule has 1 rings (SSSR count). The lowest BCUT2D eigenvalue weighted by Gasteiger charge is -1.96. The maximum atomic E-state index is 12.4. The number of pyridine rings is 1. The van der Waals surface area contributed by atoms with Crippen molar-refractivity contribution in [1.82, 2.24) is 4.98 Å². The molecule has 1 heterocycles. The van der Waals surface area contributed by atoms with E-state index in [1.807, 2.05) is 28.7 Å². The quantitative estimate of drug-likeness (QED) is 0.724. The Balaban J connectivity index is 3.01. The highest BCUT2D eigenvalue weighted by atomic mass is 127. The summed E-state index contributed by atoms with van der Waals surface area (Å²) in [6.07, 6.45) is 1.35. The molecule has 0 aromatic carbocycles. The predicted molar refractivity (Wildman–Crippen MR) is 46.2 cm³/mol. The summed E-state index contributed by atoms with van der Waals surface area (Å²) in [5.74, 6) is -0.365. The summed E-state index contributed by atoms with van der Waals surface area (Å²) in [4.78, 5) is 3.76. The molecular weight excluding hydrogens is 258 g/mol. The normalized spacial score (nSPS) is 9.18. The Kier molecular flexibility index (Phi) is 2.76. The van der Waals surface area contributed by atoms with Crippen LogP contribution in [-0.2, 0) is 6.42 Å². The summed E-state index contributed by atoms with van der Waals surface area (Å²) in [5.41, 5.74) is 0.634. The molecule has 0 amide bonds. The fourth-order valence-electron chi connectivity index (χ4n) is 0.648. The van der Waals surface area contributed by atoms with Crippen molar-refractivity contribution in [2.24, 2.45) is 0 Å². The molecule has 0 N–H and O–H groups in total. The molecule has 0 saturated carbocycles.